The molecular weight excluding hydrogens is 300 g/mol. The molecule has 0 saturated heterocycles. The number of esters is 1. The minimum atomic E-state index is -0.363. The SMILES string of the molecule is COC(=O)c1c(NC(=O)CNC(C)(C)C)sc2c1CCCC2. The van der Waals surface area contributed by atoms with E-state index in [9.17, 15) is 9.59 Å². The molecule has 0 spiro atoms. The predicted octanol–water partition coefficient (Wildman–Crippen LogP) is 2.74. The van der Waals surface area contributed by atoms with Crippen molar-refractivity contribution in [3.05, 3.63) is 16.0 Å². The second kappa shape index (κ2) is 6.79. The zero-order valence-corrected chi connectivity index (χ0v) is 14.5. The van der Waals surface area contributed by atoms with Gasteiger partial charge in [-0.2, -0.15) is 0 Å². The maximum atomic E-state index is 12.1. The highest BCUT2D eigenvalue weighted by atomic mass is 32.1. The molecule has 0 bridgehead atoms. The zero-order valence-electron chi connectivity index (χ0n) is 13.7. The number of ether oxygens (including phenoxy) is 1. The van der Waals surface area contributed by atoms with Crippen molar-refractivity contribution in [3.8, 4) is 0 Å². The van der Waals surface area contributed by atoms with Gasteiger partial charge in [-0.05, 0) is 52.0 Å². The largest absolute Gasteiger partial charge is 0.465 e. The third-order valence-electron chi connectivity index (χ3n) is 3.59. The number of aryl methyl sites for hydroxylation is 1. The summed E-state index contributed by atoms with van der Waals surface area (Å²) in [6.45, 7) is 6.23. The van der Waals surface area contributed by atoms with Crippen LogP contribution < -0.4 is 10.6 Å². The number of anilines is 1. The molecule has 1 aromatic rings. The van der Waals surface area contributed by atoms with Crippen molar-refractivity contribution >= 4 is 28.2 Å². The lowest BCUT2D eigenvalue weighted by atomic mass is 9.95. The Balaban J connectivity index is 2.18. The molecule has 0 atom stereocenters. The molecule has 0 radical (unpaired) electrons. The number of hydrogen-bond acceptors (Lipinski definition) is 5. The number of rotatable bonds is 4. The molecular formula is C16H24N2O3S. The van der Waals surface area contributed by atoms with E-state index in [-0.39, 0.29) is 24.0 Å². The molecule has 22 heavy (non-hydrogen) atoms. The van der Waals surface area contributed by atoms with Crippen LogP contribution in [0, 0.1) is 0 Å². The van der Waals surface area contributed by atoms with Crippen LogP contribution in [0.1, 0.15) is 54.4 Å². The average Bonchev–Trinajstić information content (AvgIpc) is 2.81. The van der Waals surface area contributed by atoms with Crippen LogP contribution in [0.2, 0.25) is 0 Å². The van der Waals surface area contributed by atoms with Gasteiger partial charge in [0, 0.05) is 10.4 Å². The van der Waals surface area contributed by atoms with Gasteiger partial charge < -0.3 is 15.4 Å². The van der Waals surface area contributed by atoms with Gasteiger partial charge in [-0.3, -0.25) is 4.79 Å². The van der Waals surface area contributed by atoms with Crippen molar-refractivity contribution < 1.29 is 14.3 Å². The molecule has 6 heteroatoms. The summed E-state index contributed by atoms with van der Waals surface area (Å²) in [6, 6.07) is 0. The quantitative estimate of drug-likeness (QED) is 0.836. The summed E-state index contributed by atoms with van der Waals surface area (Å²) in [4.78, 5) is 25.4. The highest BCUT2D eigenvalue weighted by Gasteiger charge is 2.27. The molecule has 0 saturated carbocycles. The molecule has 1 amide bonds. The van der Waals surface area contributed by atoms with E-state index in [0.29, 0.717) is 10.6 Å². The fourth-order valence-corrected chi connectivity index (χ4v) is 3.78. The number of nitrogens with one attached hydrogen (secondary N) is 2. The number of amides is 1. The van der Waals surface area contributed by atoms with Gasteiger partial charge in [0.15, 0.2) is 0 Å². The third-order valence-corrected chi connectivity index (χ3v) is 4.80. The summed E-state index contributed by atoms with van der Waals surface area (Å²) >= 11 is 1.51. The molecule has 1 aromatic heterocycles. The van der Waals surface area contributed by atoms with Crippen LogP contribution in [0.15, 0.2) is 0 Å². The lowest BCUT2D eigenvalue weighted by Crippen LogP contribution is -2.41. The van der Waals surface area contributed by atoms with Crippen LogP contribution in [0.4, 0.5) is 5.00 Å². The molecule has 0 aliphatic heterocycles. The van der Waals surface area contributed by atoms with Gasteiger partial charge in [0.05, 0.1) is 19.2 Å². The summed E-state index contributed by atoms with van der Waals surface area (Å²) in [5, 5.41) is 6.64. The number of methoxy groups -OCH3 is 1. The summed E-state index contributed by atoms with van der Waals surface area (Å²) in [5.41, 5.74) is 1.48. The zero-order chi connectivity index (χ0) is 16.3. The van der Waals surface area contributed by atoms with Gasteiger partial charge in [0.2, 0.25) is 5.91 Å². The molecule has 1 aliphatic rings. The number of carbonyl (C=O) groups is 2. The first-order valence-corrected chi connectivity index (χ1v) is 8.41. The summed E-state index contributed by atoms with van der Waals surface area (Å²) in [5.74, 6) is -0.503. The van der Waals surface area contributed by atoms with Crippen LogP contribution >= 0.6 is 11.3 Å². The fraction of sp³-hybridized carbons (Fsp3) is 0.625. The summed E-state index contributed by atoms with van der Waals surface area (Å²) in [7, 11) is 1.38. The van der Waals surface area contributed by atoms with Crippen molar-refractivity contribution in [1.82, 2.24) is 5.32 Å². The van der Waals surface area contributed by atoms with Crippen LogP contribution in [-0.2, 0) is 22.4 Å². The minimum Gasteiger partial charge on any atom is -0.465 e. The monoisotopic (exact) mass is 324 g/mol. The van der Waals surface area contributed by atoms with Crippen molar-refractivity contribution in [2.45, 2.75) is 52.0 Å². The Bertz CT molecular complexity index is 573. The smallest absolute Gasteiger partial charge is 0.341 e. The van der Waals surface area contributed by atoms with Gasteiger partial charge in [-0.25, -0.2) is 4.79 Å². The average molecular weight is 324 g/mol. The lowest BCUT2D eigenvalue weighted by Gasteiger charge is -2.19. The Morgan fingerprint density at radius 3 is 2.55 bits per heavy atom. The van der Waals surface area contributed by atoms with Gasteiger partial charge in [-0.15, -0.1) is 11.3 Å². The van der Waals surface area contributed by atoms with E-state index in [1.807, 2.05) is 20.8 Å². The summed E-state index contributed by atoms with van der Waals surface area (Å²) in [6.07, 6.45) is 4.06. The predicted molar refractivity (Wildman–Crippen MR) is 88.7 cm³/mol. The number of hydrogen-bond donors (Lipinski definition) is 2. The highest BCUT2D eigenvalue weighted by molar-refractivity contribution is 7.17. The Kier molecular flexibility index (Phi) is 5.24. The first kappa shape index (κ1) is 17.0. The van der Waals surface area contributed by atoms with Crippen molar-refractivity contribution in [2.75, 3.05) is 19.0 Å². The standard InChI is InChI=1S/C16H24N2O3S/c1-16(2,3)17-9-12(19)18-14-13(15(20)21-4)10-7-5-6-8-11(10)22-14/h17H,5-9H2,1-4H3,(H,18,19). The molecule has 122 valence electrons. The minimum absolute atomic E-state index is 0.128. The molecule has 1 aliphatic carbocycles. The molecule has 2 rings (SSSR count). The molecule has 0 aromatic carbocycles. The van der Waals surface area contributed by atoms with Crippen LogP contribution in [0.5, 0.6) is 0 Å². The van der Waals surface area contributed by atoms with Crippen molar-refractivity contribution in [2.24, 2.45) is 0 Å². The number of thiophene rings is 1. The maximum Gasteiger partial charge on any atom is 0.341 e. The van der Waals surface area contributed by atoms with Gasteiger partial charge >= 0.3 is 5.97 Å². The third kappa shape index (κ3) is 4.08. The Morgan fingerprint density at radius 1 is 1.23 bits per heavy atom. The van der Waals surface area contributed by atoms with E-state index >= 15 is 0 Å². The second-order valence-electron chi connectivity index (χ2n) is 6.56. The molecule has 0 fully saturated rings. The molecule has 2 N–H and O–H groups in total. The first-order chi connectivity index (χ1) is 10.3. The van der Waals surface area contributed by atoms with E-state index in [1.165, 1.54) is 23.3 Å². The van der Waals surface area contributed by atoms with Crippen LogP contribution in [0.25, 0.3) is 0 Å². The van der Waals surface area contributed by atoms with E-state index in [0.717, 1.165) is 31.2 Å². The fourth-order valence-electron chi connectivity index (χ4n) is 2.49. The van der Waals surface area contributed by atoms with Crippen LogP contribution in [-0.4, -0.2) is 31.1 Å². The first-order valence-electron chi connectivity index (χ1n) is 7.59. The molecule has 1 heterocycles. The topological polar surface area (TPSA) is 67.4 Å². The lowest BCUT2D eigenvalue weighted by molar-refractivity contribution is -0.115. The highest BCUT2D eigenvalue weighted by Crippen LogP contribution is 2.38. The molecule has 0 unspecified atom stereocenters. The maximum absolute atomic E-state index is 12.1. The molecule has 5 nitrogen and oxygen atoms in total. The van der Waals surface area contributed by atoms with Crippen LogP contribution in [0.3, 0.4) is 0 Å². The Hall–Kier alpha value is -1.40. The van der Waals surface area contributed by atoms with Gasteiger partial charge in [0.1, 0.15) is 5.00 Å². The van der Waals surface area contributed by atoms with E-state index < -0.39 is 0 Å². The number of fused-ring (bicyclic) bond motifs is 1. The second-order valence-corrected chi connectivity index (χ2v) is 7.66. The van der Waals surface area contributed by atoms with Crippen molar-refractivity contribution in [3.63, 3.8) is 0 Å². The normalized spacial score (nSPS) is 14.4. The van der Waals surface area contributed by atoms with E-state index in [4.69, 9.17) is 4.74 Å². The Labute approximate surface area is 135 Å². The summed E-state index contributed by atoms with van der Waals surface area (Å²) < 4.78 is 4.90. The van der Waals surface area contributed by atoms with Gasteiger partial charge in [0.25, 0.3) is 0 Å². The van der Waals surface area contributed by atoms with Crippen molar-refractivity contribution in [1.29, 1.82) is 0 Å². The van der Waals surface area contributed by atoms with E-state index in [2.05, 4.69) is 10.6 Å². The number of carbonyl (C=O) groups excluding carboxylic acids is 2. The van der Waals surface area contributed by atoms with Gasteiger partial charge in [-0.1, -0.05) is 0 Å². The van der Waals surface area contributed by atoms with E-state index in [1.54, 1.807) is 0 Å². The Morgan fingerprint density at radius 2 is 1.91 bits per heavy atom.